The molecule has 5 rings (SSSR count). The van der Waals surface area contributed by atoms with Gasteiger partial charge in [0.25, 0.3) is 5.91 Å². The number of nitriles is 1. The van der Waals surface area contributed by atoms with Crippen molar-refractivity contribution in [2.75, 3.05) is 0 Å². The van der Waals surface area contributed by atoms with Crippen molar-refractivity contribution in [1.29, 1.82) is 5.26 Å². The molecule has 41 heavy (non-hydrogen) atoms. The maximum atomic E-state index is 14.9. The first-order chi connectivity index (χ1) is 19.4. The molecule has 9 nitrogen and oxygen atoms in total. The lowest BCUT2D eigenvalue weighted by molar-refractivity contribution is -0.135. The summed E-state index contributed by atoms with van der Waals surface area (Å²) < 4.78 is 35.0. The number of H-pyrrole nitrogens is 1. The summed E-state index contributed by atoms with van der Waals surface area (Å²) in [5, 5.41) is 18.4. The first-order valence-corrected chi connectivity index (χ1v) is 13.2. The molecule has 2 aliphatic rings. The molecule has 2 fully saturated rings. The van der Waals surface area contributed by atoms with Crippen LogP contribution in [0.25, 0.3) is 0 Å². The van der Waals surface area contributed by atoms with Crippen LogP contribution in [0, 0.1) is 42.2 Å². The third-order valence-electron chi connectivity index (χ3n) is 8.12. The number of rotatable bonds is 6. The van der Waals surface area contributed by atoms with Crippen molar-refractivity contribution in [3.8, 4) is 17.6 Å². The largest absolute Gasteiger partial charge is 0.445 e. The summed E-state index contributed by atoms with van der Waals surface area (Å²) in [4.78, 5) is 40.7. The smallest absolute Gasteiger partial charge is 0.307 e. The molecule has 0 spiro atoms. The van der Waals surface area contributed by atoms with Gasteiger partial charge >= 0.3 is 5.56 Å². The number of aromatic amines is 1. The molecule has 2 N–H and O–H groups in total. The Morgan fingerprint density at radius 3 is 2.54 bits per heavy atom. The van der Waals surface area contributed by atoms with Crippen LogP contribution < -0.4 is 15.6 Å². The fraction of sp³-hybridized carbons (Fsp3) is 0.367. The van der Waals surface area contributed by atoms with Gasteiger partial charge in [-0.05, 0) is 63.8 Å². The van der Waals surface area contributed by atoms with Gasteiger partial charge < -0.3 is 15.0 Å². The average Bonchev–Trinajstić information content (AvgIpc) is 3.44. The molecule has 2 aromatic carbocycles. The van der Waals surface area contributed by atoms with Crippen molar-refractivity contribution in [3.63, 3.8) is 0 Å². The van der Waals surface area contributed by atoms with E-state index in [-0.39, 0.29) is 29.7 Å². The minimum atomic E-state index is -1.20. The van der Waals surface area contributed by atoms with Gasteiger partial charge in [0.2, 0.25) is 5.91 Å². The van der Waals surface area contributed by atoms with Gasteiger partial charge in [-0.25, -0.2) is 13.9 Å². The van der Waals surface area contributed by atoms with Crippen molar-refractivity contribution in [2.24, 2.45) is 5.41 Å². The van der Waals surface area contributed by atoms with Crippen molar-refractivity contribution in [3.05, 3.63) is 86.8 Å². The number of aromatic nitrogens is 2. The molecule has 0 aliphatic carbocycles. The highest BCUT2D eigenvalue weighted by Gasteiger charge is 2.61. The Hall–Kier alpha value is -4.59. The van der Waals surface area contributed by atoms with E-state index >= 15 is 0 Å². The Labute approximate surface area is 235 Å². The molecule has 3 aromatic rings. The van der Waals surface area contributed by atoms with Gasteiger partial charge in [0.05, 0.1) is 28.8 Å². The Morgan fingerprint density at radius 2 is 1.88 bits per heavy atom. The van der Waals surface area contributed by atoms with Crippen LogP contribution in [0.4, 0.5) is 8.78 Å². The Bertz CT molecular complexity index is 1640. The summed E-state index contributed by atoms with van der Waals surface area (Å²) in [6, 6.07) is 11.5. The van der Waals surface area contributed by atoms with E-state index in [0.717, 1.165) is 23.3 Å². The number of benzene rings is 2. The first-order valence-electron chi connectivity index (χ1n) is 13.2. The van der Waals surface area contributed by atoms with Crippen LogP contribution in [-0.2, 0) is 10.3 Å². The quantitative estimate of drug-likeness (QED) is 0.459. The number of aryl methyl sites for hydroxylation is 2. The number of carbonyl (C=O) groups excluding carboxylic acids is 2. The minimum Gasteiger partial charge on any atom is -0.445 e. The van der Waals surface area contributed by atoms with E-state index in [1.807, 2.05) is 31.2 Å². The third-order valence-corrected chi connectivity index (χ3v) is 8.12. The molecule has 0 saturated carbocycles. The molecule has 2 aliphatic heterocycles. The molecule has 3 heterocycles. The van der Waals surface area contributed by atoms with Gasteiger partial charge in [0.1, 0.15) is 6.04 Å². The summed E-state index contributed by atoms with van der Waals surface area (Å²) >= 11 is 0. The van der Waals surface area contributed by atoms with Crippen LogP contribution in [-0.4, -0.2) is 39.0 Å². The van der Waals surface area contributed by atoms with Crippen molar-refractivity contribution in [2.45, 2.75) is 64.6 Å². The van der Waals surface area contributed by atoms with E-state index in [0.29, 0.717) is 18.5 Å². The van der Waals surface area contributed by atoms with Gasteiger partial charge in [-0.2, -0.15) is 10.4 Å². The Morgan fingerprint density at radius 1 is 1.20 bits per heavy atom. The summed E-state index contributed by atoms with van der Waals surface area (Å²) in [6.45, 7) is 7.10. The van der Waals surface area contributed by atoms with Crippen molar-refractivity contribution >= 4 is 11.8 Å². The zero-order valence-corrected chi connectivity index (χ0v) is 23.0. The maximum Gasteiger partial charge on any atom is 0.307 e. The van der Waals surface area contributed by atoms with Gasteiger partial charge in [-0.15, -0.1) is 0 Å². The predicted molar refractivity (Wildman–Crippen MR) is 144 cm³/mol. The normalized spacial score (nSPS) is 21.9. The molecule has 1 aromatic heterocycles. The molecule has 2 saturated heterocycles. The highest BCUT2D eigenvalue weighted by Crippen LogP contribution is 2.54. The van der Waals surface area contributed by atoms with Crippen LogP contribution in [0.2, 0.25) is 0 Å². The lowest BCUT2D eigenvalue weighted by Crippen LogP contribution is -2.50. The van der Waals surface area contributed by atoms with Gasteiger partial charge in [-0.1, -0.05) is 24.3 Å². The number of nitrogens with zero attached hydrogens (tertiary/aromatic N) is 3. The van der Waals surface area contributed by atoms with Crippen LogP contribution in [0.3, 0.4) is 0 Å². The van der Waals surface area contributed by atoms with Crippen LogP contribution in [0.5, 0.6) is 11.5 Å². The lowest BCUT2D eigenvalue weighted by atomic mass is 9.82. The molecule has 2 amide bonds. The lowest BCUT2D eigenvalue weighted by Gasteiger charge is -2.39. The second-order valence-electron chi connectivity index (χ2n) is 11.2. The average molecular weight is 562 g/mol. The summed E-state index contributed by atoms with van der Waals surface area (Å²) in [5.41, 5.74) is -0.416. The standard InChI is InChI=1S/C30H29F2N5O4/c1-16-7-5-6-8-19(16)30-10-9-24(29(3,4)15-33)37(30)28(40)22(14-30)34-26(38)18-12-20(31)25(21(32)13-18)41-23-11-17(2)35-36-27(23)39/h5-8,11-13,22,24H,9-10,14H2,1-4H3,(H,34,38)(H,36,39)/t22-,24+,30+/m0/s1. The van der Waals surface area contributed by atoms with Crippen molar-refractivity contribution in [1.82, 2.24) is 20.4 Å². The monoisotopic (exact) mass is 561 g/mol. The van der Waals surface area contributed by atoms with Crippen LogP contribution in [0.15, 0.2) is 47.3 Å². The van der Waals surface area contributed by atoms with Gasteiger partial charge in [-0.3, -0.25) is 14.4 Å². The second kappa shape index (κ2) is 10.1. The van der Waals surface area contributed by atoms with Crippen LogP contribution >= 0.6 is 0 Å². The molecule has 0 radical (unpaired) electrons. The van der Waals surface area contributed by atoms with Crippen LogP contribution in [0.1, 0.15) is 60.3 Å². The maximum absolute atomic E-state index is 14.9. The van der Waals surface area contributed by atoms with E-state index in [9.17, 15) is 28.4 Å². The third kappa shape index (κ3) is 4.73. The topological polar surface area (TPSA) is 128 Å². The number of fused-ring (bicyclic) bond motifs is 1. The number of amides is 2. The Balaban J connectivity index is 1.44. The first kappa shape index (κ1) is 28.0. The Kier molecular flexibility index (Phi) is 6.89. The zero-order valence-electron chi connectivity index (χ0n) is 23.0. The van der Waals surface area contributed by atoms with Gasteiger partial charge in [0.15, 0.2) is 23.1 Å². The number of hydrogen-bond donors (Lipinski definition) is 2. The summed E-state index contributed by atoms with van der Waals surface area (Å²) in [5.74, 6) is -4.80. The van der Waals surface area contributed by atoms with E-state index in [1.165, 1.54) is 6.07 Å². The fourth-order valence-electron chi connectivity index (χ4n) is 6.12. The second-order valence-corrected chi connectivity index (χ2v) is 11.2. The number of ether oxygens (including phenoxy) is 1. The molecule has 0 bridgehead atoms. The summed E-state index contributed by atoms with van der Waals surface area (Å²) in [6.07, 6.45) is 1.48. The highest BCUT2D eigenvalue weighted by molar-refractivity contribution is 5.98. The van der Waals surface area contributed by atoms with E-state index in [1.54, 1.807) is 25.7 Å². The SMILES string of the molecule is Cc1cc(Oc2c(F)cc(C(=O)N[C@H]3C[C@@]4(c5ccccc5C)CC[C@H](C(C)(C)C#N)N4C3=O)cc2F)c(=O)[nH]n1. The summed E-state index contributed by atoms with van der Waals surface area (Å²) in [7, 11) is 0. The van der Waals surface area contributed by atoms with Crippen molar-refractivity contribution < 1.29 is 23.1 Å². The molecule has 3 atom stereocenters. The number of nitrogens with one attached hydrogen (secondary N) is 2. The van der Waals surface area contributed by atoms with E-state index in [4.69, 9.17) is 4.74 Å². The molecule has 11 heteroatoms. The van der Waals surface area contributed by atoms with E-state index < -0.39 is 45.8 Å². The number of carbonyl (C=O) groups is 2. The zero-order chi connectivity index (χ0) is 29.7. The van der Waals surface area contributed by atoms with Gasteiger partial charge in [0, 0.05) is 18.1 Å². The fourth-order valence-corrected chi connectivity index (χ4v) is 6.12. The molecule has 0 unspecified atom stereocenters. The molecule has 212 valence electrons. The van der Waals surface area contributed by atoms with E-state index in [2.05, 4.69) is 21.6 Å². The minimum absolute atomic E-state index is 0.247. The molecular formula is C30H29F2N5O4. The predicted octanol–water partition coefficient (Wildman–Crippen LogP) is 4.40. The highest BCUT2D eigenvalue weighted by atomic mass is 19.1. The number of halogens is 2. The molecular weight excluding hydrogens is 532 g/mol. The number of hydrogen-bond acceptors (Lipinski definition) is 6.